The second-order valence-corrected chi connectivity index (χ2v) is 6.75. The first-order valence-electron chi connectivity index (χ1n) is 9.02. The monoisotopic (exact) mass is 398 g/mol. The summed E-state index contributed by atoms with van der Waals surface area (Å²) in [6, 6.07) is 0. The smallest absolute Gasteiger partial charge is 0.221 e. The molecule has 0 aromatic heterocycles. The zero-order chi connectivity index (χ0) is 20.2. The summed E-state index contributed by atoms with van der Waals surface area (Å²) in [6.07, 6.45) is -10.1. The molecule has 9 atom stereocenters. The van der Waals surface area contributed by atoms with Crippen molar-refractivity contribution in [1.82, 2.24) is 0 Å². The zero-order valence-corrected chi connectivity index (χ0v) is 15.1. The van der Waals surface area contributed by atoms with Gasteiger partial charge in [-0.05, 0) is 6.42 Å². The van der Waals surface area contributed by atoms with Crippen molar-refractivity contribution < 1.29 is 54.7 Å². The third-order valence-corrected chi connectivity index (χ3v) is 4.86. The van der Waals surface area contributed by atoms with Crippen molar-refractivity contribution in [3.8, 4) is 0 Å². The summed E-state index contributed by atoms with van der Waals surface area (Å²) in [5.74, 6) is -1.82. The van der Waals surface area contributed by atoms with E-state index in [2.05, 4.69) is 0 Å². The summed E-state index contributed by atoms with van der Waals surface area (Å²) in [5.41, 5.74) is 0. The second-order valence-electron chi connectivity index (χ2n) is 6.75. The van der Waals surface area contributed by atoms with Crippen LogP contribution in [0.3, 0.4) is 0 Å². The molecule has 11 nitrogen and oxygen atoms in total. The first-order valence-corrected chi connectivity index (χ1v) is 9.02. The molecule has 0 aromatic carbocycles. The third-order valence-electron chi connectivity index (χ3n) is 4.86. The lowest BCUT2D eigenvalue weighted by Crippen LogP contribution is -2.61. The van der Waals surface area contributed by atoms with E-state index in [0.717, 1.165) is 6.42 Å². The van der Waals surface area contributed by atoms with Gasteiger partial charge in [0.15, 0.2) is 6.29 Å². The van der Waals surface area contributed by atoms with E-state index in [0.29, 0.717) is 6.42 Å². The van der Waals surface area contributed by atoms with E-state index in [1.54, 1.807) is 0 Å². The molecule has 11 heteroatoms. The fourth-order valence-electron chi connectivity index (χ4n) is 3.17. The molecule has 2 saturated heterocycles. The molecule has 0 aromatic rings. The molecule has 2 fully saturated rings. The van der Waals surface area contributed by atoms with E-state index < -0.39 is 74.6 Å². The van der Waals surface area contributed by atoms with Crippen LogP contribution in [0, 0.1) is 0 Å². The second kappa shape index (κ2) is 9.85. The first-order chi connectivity index (χ1) is 12.8. The van der Waals surface area contributed by atoms with Crippen molar-refractivity contribution in [2.24, 2.45) is 0 Å². The number of ether oxygens (including phenoxy) is 4. The fraction of sp³-hybridized carbons (Fsp3) is 1.00. The van der Waals surface area contributed by atoms with Crippen molar-refractivity contribution in [3.05, 3.63) is 0 Å². The molecular formula is C16H30O11. The Hall–Kier alpha value is -0.440. The summed E-state index contributed by atoms with van der Waals surface area (Å²) in [6.45, 7) is 0.196. The molecule has 160 valence electrons. The van der Waals surface area contributed by atoms with E-state index >= 15 is 0 Å². The highest BCUT2D eigenvalue weighted by Crippen LogP contribution is 2.36. The average Bonchev–Trinajstić information content (AvgIpc) is 2.94. The molecular weight excluding hydrogens is 368 g/mol. The Morgan fingerprint density at radius 3 is 2.15 bits per heavy atom. The van der Waals surface area contributed by atoms with Crippen LogP contribution in [0.5, 0.6) is 0 Å². The number of aliphatic hydroxyl groups excluding tert-OH is 7. The molecule has 27 heavy (non-hydrogen) atoms. The Morgan fingerprint density at radius 2 is 1.59 bits per heavy atom. The minimum Gasteiger partial charge on any atom is -0.394 e. The first kappa shape index (κ1) is 22.8. The standard InChI is InChI=1S/C16H30O11/c1-2-3-4-24-16(7-19)14(23)13(9(6-18)27-16)26-15-12(22)11(21)10(20)8(5-17)25-15/h8-15,17-23H,2-7H2,1H3/t8-,9-,10+,11+,12-,13-,14+,15+,16+/m1/s1. The minimum atomic E-state index is -1.82. The minimum absolute atomic E-state index is 0.193. The lowest BCUT2D eigenvalue weighted by Gasteiger charge is -2.41. The molecule has 2 rings (SSSR count). The maximum atomic E-state index is 10.6. The summed E-state index contributed by atoms with van der Waals surface area (Å²) in [7, 11) is 0. The van der Waals surface area contributed by atoms with Crippen LogP contribution >= 0.6 is 0 Å². The molecule has 7 N–H and O–H groups in total. The van der Waals surface area contributed by atoms with Gasteiger partial charge in [-0.25, -0.2) is 0 Å². The molecule has 2 heterocycles. The Balaban J connectivity index is 2.13. The number of unbranched alkanes of at least 4 members (excludes halogenated alkanes) is 1. The predicted molar refractivity (Wildman–Crippen MR) is 87.3 cm³/mol. The van der Waals surface area contributed by atoms with Gasteiger partial charge in [-0.2, -0.15) is 0 Å². The Bertz CT molecular complexity index is 450. The zero-order valence-electron chi connectivity index (χ0n) is 15.1. The van der Waals surface area contributed by atoms with Crippen LogP contribution in [0.25, 0.3) is 0 Å². The highest BCUT2D eigenvalue weighted by molar-refractivity contribution is 4.99. The summed E-state index contributed by atoms with van der Waals surface area (Å²) in [5, 5.41) is 68.8. The molecule has 0 radical (unpaired) electrons. The van der Waals surface area contributed by atoms with Gasteiger partial charge < -0.3 is 54.7 Å². The van der Waals surface area contributed by atoms with Crippen LogP contribution in [0.1, 0.15) is 19.8 Å². The van der Waals surface area contributed by atoms with Gasteiger partial charge in [-0.1, -0.05) is 13.3 Å². The van der Waals surface area contributed by atoms with E-state index in [-0.39, 0.29) is 6.61 Å². The van der Waals surface area contributed by atoms with Crippen molar-refractivity contribution in [2.75, 3.05) is 26.4 Å². The molecule has 0 spiro atoms. The number of hydrogen-bond acceptors (Lipinski definition) is 11. The largest absolute Gasteiger partial charge is 0.394 e. The van der Waals surface area contributed by atoms with Crippen molar-refractivity contribution in [2.45, 2.75) is 74.6 Å². The van der Waals surface area contributed by atoms with Crippen LogP contribution in [-0.2, 0) is 18.9 Å². The Labute approximate surface area is 156 Å². The van der Waals surface area contributed by atoms with Gasteiger partial charge in [0.05, 0.1) is 19.8 Å². The molecule has 0 unspecified atom stereocenters. The van der Waals surface area contributed by atoms with Gasteiger partial charge in [0.1, 0.15) is 49.3 Å². The quantitative estimate of drug-likeness (QED) is 0.191. The summed E-state index contributed by atoms with van der Waals surface area (Å²) >= 11 is 0. The topological polar surface area (TPSA) is 179 Å². The average molecular weight is 398 g/mol. The highest BCUT2D eigenvalue weighted by Gasteiger charge is 2.58. The number of hydrogen-bond donors (Lipinski definition) is 7. The Kier molecular flexibility index (Phi) is 8.34. The fourth-order valence-corrected chi connectivity index (χ4v) is 3.17. The lowest BCUT2D eigenvalue weighted by molar-refractivity contribution is -0.319. The van der Waals surface area contributed by atoms with Crippen LogP contribution in [0.4, 0.5) is 0 Å². The summed E-state index contributed by atoms with van der Waals surface area (Å²) in [4.78, 5) is 0. The molecule has 2 aliphatic rings. The molecule has 0 saturated carbocycles. The van der Waals surface area contributed by atoms with E-state index in [9.17, 15) is 35.7 Å². The van der Waals surface area contributed by atoms with Crippen LogP contribution in [0.15, 0.2) is 0 Å². The summed E-state index contributed by atoms with van der Waals surface area (Å²) < 4.78 is 21.8. The van der Waals surface area contributed by atoms with Crippen molar-refractivity contribution >= 4 is 0 Å². The molecule has 0 aliphatic carbocycles. The van der Waals surface area contributed by atoms with Gasteiger partial charge in [0.25, 0.3) is 0 Å². The predicted octanol–water partition coefficient (Wildman–Crippen LogP) is -3.57. The van der Waals surface area contributed by atoms with E-state index in [4.69, 9.17) is 18.9 Å². The molecule has 2 aliphatic heterocycles. The van der Waals surface area contributed by atoms with Crippen LogP contribution in [-0.4, -0.2) is 117 Å². The maximum absolute atomic E-state index is 10.6. The van der Waals surface area contributed by atoms with Crippen molar-refractivity contribution in [1.29, 1.82) is 0 Å². The lowest BCUT2D eigenvalue weighted by atomic mass is 9.99. The van der Waals surface area contributed by atoms with Gasteiger partial charge in [-0.15, -0.1) is 0 Å². The van der Waals surface area contributed by atoms with E-state index in [1.165, 1.54) is 0 Å². The Morgan fingerprint density at radius 1 is 0.926 bits per heavy atom. The van der Waals surface area contributed by atoms with Crippen LogP contribution < -0.4 is 0 Å². The molecule has 0 amide bonds. The number of rotatable bonds is 9. The van der Waals surface area contributed by atoms with Gasteiger partial charge in [0, 0.05) is 0 Å². The van der Waals surface area contributed by atoms with Gasteiger partial charge >= 0.3 is 0 Å². The number of aliphatic hydroxyl groups is 7. The maximum Gasteiger partial charge on any atom is 0.221 e. The third kappa shape index (κ3) is 4.60. The van der Waals surface area contributed by atoms with Gasteiger partial charge in [-0.3, -0.25) is 0 Å². The van der Waals surface area contributed by atoms with E-state index in [1.807, 2.05) is 6.92 Å². The molecule has 0 bridgehead atoms. The normalized spacial score (nSPS) is 45.3. The SMILES string of the molecule is CCCCO[C@@]1(CO)O[C@H](CO)[C@@H](O[C@@H]2O[C@H](CO)[C@H](O)[C@H](O)[C@H]2O)[C@@H]1O. The van der Waals surface area contributed by atoms with Crippen molar-refractivity contribution in [3.63, 3.8) is 0 Å². The van der Waals surface area contributed by atoms with Crippen LogP contribution in [0.2, 0.25) is 0 Å². The highest BCUT2D eigenvalue weighted by atomic mass is 16.8. The van der Waals surface area contributed by atoms with Gasteiger partial charge in [0.2, 0.25) is 5.79 Å².